The van der Waals surface area contributed by atoms with E-state index in [-0.39, 0.29) is 17.7 Å². The van der Waals surface area contributed by atoms with Crippen molar-refractivity contribution in [3.05, 3.63) is 23.8 Å². The molecular formula is C13H21N3O3S. The van der Waals surface area contributed by atoms with E-state index in [0.29, 0.717) is 16.9 Å². The molecule has 20 heavy (non-hydrogen) atoms. The highest BCUT2D eigenvalue weighted by molar-refractivity contribution is 7.90. The largest absolute Gasteiger partial charge is 0.399 e. The molecule has 3 N–H and O–H groups in total. The van der Waals surface area contributed by atoms with Gasteiger partial charge in [-0.25, -0.2) is 8.42 Å². The average Bonchev–Trinajstić information content (AvgIpc) is 2.25. The van der Waals surface area contributed by atoms with Gasteiger partial charge in [-0.2, -0.15) is 0 Å². The Kier molecular flexibility index (Phi) is 4.99. The van der Waals surface area contributed by atoms with E-state index in [4.69, 9.17) is 5.73 Å². The molecule has 0 heterocycles. The SMILES string of the molecule is CC(CS(C)(=O)=O)Nc1cc(N)ccc1C(=O)N(C)C. The molecule has 0 aliphatic heterocycles. The van der Waals surface area contributed by atoms with Crippen molar-refractivity contribution >= 4 is 27.1 Å². The van der Waals surface area contributed by atoms with Gasteiger partial charge in [0.25, 0.3) is 5.91 Å². The molecule has 0 aliphatic carbocycles. The van der Waals surface area contributed by atoms with Crippen LogP contribution in [0.1, 0.15) is 17.3 Å². The van der Waals surface area contributed by atoms with Crippen LogP contribution < -0.4 is 11.1 Å². The van der Waals surface area contributed by atoms with E-state index in [2.05, 4.69) is 5.32 Å². The third-order valence-electron chi connectivity index (χ3n) is 2.63. The van der Waals surface area contributed by atoms with Gasteiger partial charge in [0.2, 0.25) is 0 Å². The van der Waals surface area contributed by atoms with E-state index in [1.165, 1.54) is 11.2 Å². The second-order valence-electron chi connectivity index (χ2n) is 5.14. The molecule has 0 radical (unpaired) electrons. The monoisotopic (exact) mass is 299 g/mol. The number of nitrogens with two attached hydrogens (primary N) is 1. The van der Waals surface area contributed by atoms with Gasteiger partial charge in [0.1, 0.15) is 9.84 Å². The molecule has 1 unspecified atom stereocenters. The minimum absolute atomic E-state index is 0.0165. The fraction of sp³-hybridized carbons (Fsp3) is 0.462. The molecular weight excluding hydrogens is 278 g/mol. The summed E-state index contributed by atoms with van der Waals surface area (Å²) in [6.07, 6.45) is 1.18. The summed E-state index contributed by atoms with van der Waals surface area (Å²) in [7, 11) is 0.218. The van der Waals surface area contributed by atoms with Crippen molar-refractivity contribution in [2.45, 2.75) is 13.0 Å². The maximum atomic E-state index is 12.1. The maximum absolute atomic E-state index is 12.1. The first-order valence-corrected chi connectivity index (χ1v) is 8.21. The summed E-state index contributed by atoms with van der Waals surface area (Å²) < 4.78 is 22.6. The van der Waals surface area contributed by atoms with Crippen molar-refractivity contribution < 1.29 is 13.2 Å². The molecule has 1 aromatic rings. The maximum Gasteiger partial charge on any atom is 0.255 e. The van der Waals surface area contributed by atoms with Gasteiger partial charge in [0.05, 0.1) is 11.3 Å². The van der Waals surface area contributed by atoms with E-state index >= 15 is 0 Å². The van der Waals surface area contributed by atoms with Crippen molar-refractivity contribution in [2.75, 3.05) is 37.2 Å². The Labute approximate surface area is 119 Å². The zero-order valence-corrected chi connectivity index (χ0v) is 13.0. The molecule has 0 aromatic heterocycles. The van der Waals surface area contributed by atoms with Crippen LogP contribution in [0.2, 0.25) is 0 Å². The van der Waals surface area contributed by atoms with Crippen LogP contribution in [0.3, 0.4) is 0 Å². The minimum Gasteiger partial charge on any atom is -0.399 e. The Balaban J connectivity index is 3.04. The molecule has 7 heteroatoms. The Hall–Kier alpha value is -1.76. The van der Waals surface area contributed by atoms with Crippen LogP contribution in [0.25, 0.3) is 0 Å². The van der Waals surface area contributed by atoms with Crippen LogP contribution in [0.5, 0.6) is 0 Å². The predicted octanol–water partition coefficient (Wildman–Crippen LogP) is 0.816. The number of sulfone groups is 1. The number of benzene rings is 1. The van der Waals surface area contributed by atoms with Crippen molar-refractivity contribution in [1.82, 2.24) is 4.90 Å². The summed E-state index contributed by atoms with van der Waals surface area (Å²) >= 11 is 0. The Bertz CT molecular complexity index is 597. The quantitative estimate of drug-likeness (QED) is 0.785. The zero-order valence-electron chi connectivity index (χ0n) is 12.2. The summed E-state index contributed by atoms with van der Waals surface area (Å²) in [5.41, 5.74) is 7.24. The second-order valence-corrected chi connectivity index (χ2v) is 7.33. The van der Waals surface area contributed by atoms with Gasteiger partial charge >= 0.3 is 0 Å². The van der Waals surface area contributed by atoms with Gasteiger partial charge in [-0.3, -0.25) is 4.79 Å². The van der Waals surface area contributed by atoms with Gasteiger partial charge in [0, 0.05) is 37.8 Å². The van der Waals surface area contributed by atoms with Crippen LogP contribution in [0.4, 0.5) is 11.4 Å². The van der Waals surface area contributed by atoms with Gasteiger partial charge < -0.3 is 16.0 Å². The van der Waals surface area contributed by atoms with Crippen molar-refractivity contribution in [3.8, 4) is 0 Å². The van der Waals surface area contributed by atoms with Gasteiger partial charge in [0.15, 0.2) is 0 Å². The standard InChI is InChI=1S/C13H21N3O3S/c1-9(8-20(4,18)19)15-12-7-10(14)5-6-11(12)13(17)16(2)3/h5-7,9,15H,8,14H2,1-4H3. The third-order valence-corrected chi connectivity index (χ3v) is 3.74. The summed E-state index contributed by atoms with van der Waals surface area (Å²) in [5.74, 6) is -0.184. The lowest BCUT2D eigenvalue weighted by Gasteiger charge is -2.19. The number of amides is 1. The van der Waals surface area contributed by atoms with Gasteiger partial charge in [-0.05, 0) is 25.1 Å². The molecule has 1 rings (SSSR count). The normalized spacial score (nSPS) is 12.8. The first-order chi connectivity index (χ1) is 9.10. The van der Waals surface area contributed by atoms with Crippen LogP contribution in [0, 0.1) is 0 Å². The molecule has 0 bridgehead atoms. The summed E-state index contributed by atoms with van der Waals surface area (Å²) in [6.45, 7) is 1.74. The Morgan fingerprint density at radius 3 is 2.50 bits per heavy atom. The fourth-order valence-corrected chi connectivity index (χ4v) is 2.86. The van der Waals surface area contributed by atoms with Crippen LogP contribution in [-0.4, -0.2) is 51.4 Å². The van der Waals surface area contributed by atoms with Crippen LogP contribution in [-0.2, 0) is 9.84 Å². The highest BCUT2D eigenvalue weighted by atomic mass is 32.2. The number of nitrogens with zero attached hydrogens (tertiary/aromatic N) is 1. The Morgan fingerprint density at radius 1 is 1.40 bits per heavy atom. The number of nitrogen functional groups attached to an aromatic ring is 1. The minimum atomic E-state index is -3.09. The van der Waals surface area contributed by atoms with Crippen molar-refractivity contribution in [1.29, 1.82) is 0 Å². The number of rotatable bonds is 5. The molecule has 1 aromatic carbocycles. The molecule has 0 saturated carbocycles. The number of carbonyl (C=O) groups excluding carboxylic acids is 1. The molecule has 1 amide bonds. The van der Waals surface area contributed by atoms with E-state index in [9.17, 15) is 13.2 Å². The predicted molar refractivity (Wildman–Crippen MR) is 81.7 cm³/mol. The molecule has 0 fully saturated rings. The molecule has 1 atom stereocenters. The molecule has 0 aliphatic rings. The Morgan fingerprint density at radius 2 is 2.00 bits per heavy atom. The lowest BCUT2D eigenvalue weighted by atomic mass is 10.1. The topological polar surface area (TPSA) is 92.5 Å². The van der Waals surface area contributed by atoms with Crippen molar-refractivity contribution in [2.24, 2.45) is 0 Å². The van der Waals surface area contributed by atoms with Crippen molar-refractivity contribution in [3.63, 3.8) is 0 Å². The highest BCUT2D eigenvalue weighted by Crippen LogP contribution is 2.21. The average molecular weight is 299 g/mol. The number of hydrogen-bond acceptors (Lipinski definition) is 5. The smallest absolute Gasteiger partial charge is 0.255 e. The summed E-state index contributed by atoms with van der Waals surface area (Å²) in [5, 5.41) is 3.04. The molecule has 0 spiro atoms. The first-order valence-electron chi connectivity index (χ1n) is 6.15. The number of anilines is 2. The van der Waals surface area contributed by atoms with Crippen LogP contribution >= 0.6 is 0 Å². The lowest BCUT2D eigenvalue weighted by Crippen LogP contribution is -2.28. The lowest BCUT2D eigenvalue weighted by molar-refractivity contribution is 0.0828. The molecule has 112 valence electrons. The highest BCUT2D eigenvalue weighted by Gasteiger charge is 2.17. The molecule has 6 nitrogen and oxygen atoms in total. The van der Waals surface area contributed by atoms with Gasteiger partial charge in [-0.1, -0.05) is 0 Å². The zero-order chi connectivity index (χ0) is 15.5. The first kappa shape index (κ1) is 16.3. The van der Waals surface area contributed by atoms with Crippen LogP contribution in [0.15, 0.2) is 18.2 Å². The summed E-state index contributed by atoms with van der Waals surface area (Å²) in [6, 6.07) is 4.59. The number of hydrogen-bond donors (Lipinski definition) is 2. The fourth-order valence-electron chi connectivity index (χ4n) is 1.87. The second kappa shape index (κ2) is 6.13. The van der Waals surface area contributed by atoms with E-state index < -0.39 is 9.84 Å². The van der Waals surface area contributed by atoms with E-state index in [1.807, 2.05) is 0 Å². The molecule has 0 saturated heterocycles. The summed E-state index contributed by atoms with van der Waals surface area (Å²) in [4.78, 5) is 13.5. The van der Waals surface area contributed by atoms with E-state index in [1.54, 1.807) is 39.2 Å². The third kappa shape index (κ3) is 4.73. The number of carbonyl (C=O) groups is 1. The number of nitrogens with one attached hydrogen (secondary N) is 1. The van der Waals surface area contributed by atoms with Gasteiger partial charge in [-0.15, -0.1) is 0 Å². The van der Waals surface area contributed by atoms with E-state index in [0.717, 1.165) is 0 Å².